The average molecular weight is 331 g/mol. The van der Waals surface area contributed by atoms with Crippen LogP contribution >= 0.6 is 0 Å². The van der Waals surface area contributed by atoms with E-state index in [1.54, 1.807) is 0 Å². The fourth-order valence-corrected chi connectivity index (χ4v) is 4.20. The first-order chi connectivity index (χ1) is 10.2. The molecule has 0 aromatic heterocycles. The minimum atomic E-state index is -3.99. The molecule has 1 N–H and O–H groups in total. The molecule has 2 saturated carbocycles. The van der Waals surface area contributed by atoms with Gasteiger partial charge in [0.15, 0.2) is 0 Å². The van der Waals surface area contributed by atoms with E-state index in [1.807, 2.05) is 0 Å². The summed E-state index contributed by atoms with van der Waals surface area (Å²) in [5, 5.41) is 8.89. The maximum Gasteiger partial charge on any atom is 0.318 e. The van der Waals surface area contributed by atoms with Crippen LogP contribution in [0.15, 0.2) is 29.2 Å². The van der Waals surface area contributed by atoms with E-state index in [1.165, 1.54) is 24.3 Å². The van der Waals surface area contributed by atoms with E-state index >= 15 is 0 Å². The molecule has 0 spiro atoms. The zero-order valence-electron chi connectivity index (χ0n) is 11.6. The number of rotatable bonds is 6. The van der Waals surface area contributed by atoms with Crippen LogP contribution in [-0.2, 0) is 14.8 Å². The van der Waals surface area contributed by atoms with Gasteiger partial charge >= 0.3 is 5.97 Å². The minimum Gasteiger partial charge on any atom is -0.480 e. The van der Waals surface area contributed by atoms with Crippen LogP contribution in [0.3, 0.4) is 0 Å². The summed E-state index contributed by atoms with van der Waals surface area (Å²) in [5.74, 6) is -4.96. The highest BCUT2D eigenvalue weighted by atomic mass is 32.2. The Morgan fingerprint density at radius 3 is 2.50 bits per heavy atom. The summed E-state index contributed by atoms with van der Waals surface area (Å²) in [6.07, 6.45) is 0.956. The van der Waals surface area contributed by atoms with Crippen molar-refractivity contribution >= 4 is 16.0 Å². The van der Waals surface area contributed by atoms with Gasteiger partial charge < -0.3 is 5.11 Å². The normalized spacial score (nSPS) is 23.5. The predicted octanol–water partition coefficient (Wildman–Crippen LogP) is 2.05. The molecule has 3 rings (SSSR count). The molecule has 2 fully saturated rings. The van der Waals surface area contributed by atoms with Crippen molar-refractivity contribution in [3.63, 3.8) is 0 Å². The Labute approximate surface area is 126 Å². The van der Waals surface area contributed by atoms with Crippen LogP contribution in [0.1, 0.15) is 30.7 Å². The molecular formula is C14H15F2NO4S. The molecule has 2 aliphatic rings. The Bertz CT molecular complexity index is 715. The van der Waals surface area contributed by atoms with Gasteiger partial charge in [-0.25, -0.2) is 17.2 Å². The van der Waals surface area contributed by atoms with Crippen LogP contribution in [0, 0.1) is 0 Å². The molecule has 0 amide bonds. The summed E-state index contributed by atoms with van der Waals surface area (Å²) >= 11 is 0. The second kappa shape index (κ2) is 4.99. The lowest BCUT2D eigenvalue weighted by molar-refractivity contribution is -0.137. The molecule has 0 aliphatic heterocycles. The number of hydrogen-bond donors (Lipinski definition) is 1. The van der Waals surface area contributed by atoms with Crippen molar-refractivity contribution in [2.24, 2.45) is 0 Å². The molecule has 0 saturated heterocycles. The van der Waals surface area contributed by atoms with Crippen molar-refractivity contribution in [1.82, 2.24) is 4.31 Å². The summed E-state index contributed by atoms with van der Waals surface area (Å²) in [5.41, 5.74) is 0.275. The molecule has 0 bridgehead atoms. The lowest BCUT2D eigenvalue weighted by Crippen LogP contribution is -2.37. The monoisotopic (exact) mass is 331 g/mol. The van der Waals surface area contributed by atoms with Crippen LogP contribution in [0.2, 0.25) is 0 Å². The number of nitrogens with zero attached hydrogens (tertiary/aromatic N) is 1. The maximum absolute atomic E-state index is 13.1. The molecule has 0 heterocycles. The number of aliphatic carboxylic acids is 1. The average Bonchev–Trinajstić information content (AvgIpc) is 3.33. The zero-order chi connectivity index (χ0) is 16.1. The van der Waals surface area contributed by atoms with Crippen LogP contribution in [0.25, 0.3) is 0 Å². The summed E-state index contributed by atoms with van der Waals surface area (Å²) in [6.45, 7) is -0.614. The van der Waals surface area contributed by atoms with E-state index in [2.05, 4.69) is 0 Å². The zero-order valence-corrected chi connectivity index (χ0v) is 12.4. The van der Waals surface area contributed by atoms with Crippen molar-refractivity contribution in [2.75, 3.05) is 6.54 Å². The third-order valence-electron chi connectivity index (χ3n) is 3.94. The van der Waals surface area contributed by atoms with Crippen LogP contribution < -0.4 is 0 Å². The largest absolute Gasteiger partial charge is 0.480 e. The van der Waals surface area contributed by atoms with Crippen molar-refractivity contribution in [3.8, 4) is 0 Å². The van der Waals surface area contributed by atoms with Crippen LogP contribution in [0.4, 0.5) is 8.78 Å². The van der Waals surface area contributed by atoms with E-state index < -0.39 is 34.4 Å². The highest BCUT2D eigenvalue weighted by Crippen LogP contribution is 2.55. The van der Waals surface area contributed by atoms with Gasteiger partial charge in [0.1, 0.15) is 6.54 Å². The number of benzene rings is 1. The van der Waals surface area contributed by atoms with Crippen LogP contribution in [0.5, 0.6) is 0 Å². The van der Waals surface area contributed by atoms with Gasteiger partial charge in [0, 0.05) is 12.5 Å². The number of halogens is 2. The number of hydrogen-bond acceptors (Lipinski definition) is 3. The van der Waals surface area contributed by atoms with E-state index in [0.717, 1.165) is 4.31 Å². The van der Waals surface area contributed by atoms with Crippen molar-refractivity contribution in [2.45, 2.75) is 42.0 Å². The maximum atomic E-state index is 13.1. The smallest absolute Gasteiger partial charge is 0.318 e. The fourth-order valence-electron chi connectivity index (χ4n) is 2.51. The Morgan fingerprint density at radius 1 is 1.36 bits per heavy atom. The molecule has 8 heteroatoms. The lowest BCUT2D eigenvalue weighted by atomic mass is 10.1. The van der Waals surface area contributed by atoms with Gasteiger partial charge in [0.05, 0.1) is 10.8 Å². The van der Waals surface area contributed by atoms with Gasteiger partial charge in [-0.05, 0) is 30.5 Å². The Kier molecular flexibility index (Phi) is 3.48. The summed E-state index contributed by atoms with van der Waals surface area (Å²) < 4.78 is 52.4. The molecule has 120 valence electrons. The SMILES string of the molecule is O=C(O)CN(C1CC1)S(=O)(=O)c1cccc(C2CC2(F)F)c1. The molecule has 1 aromatic rings. The first-order valence-electron chi connectivity index (χ1n) is 6.93. The van der Waals surface area contributed by atoms with E-state index in [-0.39, 0.29) is 22.9 Å². The molecule has 2 aliphatic carbocycles. The van der Waals surface area contributed by atoms with E-state index in [4.69, 9.17) is 5.11 Å². The number of sulfonamides is 1. The first-order valence-corrected chi connectivity index (χ1v) is 8.37. The lowest BCUT2D eigenvalue weighted by Gasteiger charge is -2.20. The highest BCUT2D eigenvalue weighted by molar-refractivity contribution is 7.89. The Hall–Kier alpha value is -1.54. The van der Waals surface area contributed by atoms with Gasteiger partial charge in [0.2, 0.25) is 10.0 Å². The van der Waals surface area contributed by atoms with E-state index in [0.29, 0.717) is 12.8 Å². The summed E-state index contributed by atoms with van der Waals surface area (Å²) in [4.78, 5) is 10.8. The van der Waals surface area contributed by atoms with Crippen molar-refractivity contribution < 1.29 is 27.1 Å². The molecule has 0 radical (unpaired) electrons. The molecule has 1 atom stereocenters. The Balaban J connectivity index is 1.91. The van der Waals surface area contributed by atoms with Gasteiger partial charge in [-0.15, -0.1) is 0 Å². The van der Waals surface area contributed by atoms with Crippen molar-refractivity contribution in [1.29, 1.82) is 0 Å². The van der Waals surface area contributed by atoms with Gasteiger partial charge in [0.25, 0.3) is 5.92 Å². The van der Waals surface area contributed by atoms with Crippen molar-refractivity contribution in [3.05, 3.63) is 29.8 Å². The Morgan fingerprint density at radius 2 is 2.00 bits per heavy atom. The highest BCUT2D eigenvalue weighted by Gasteiger charge is 2.57. The third-order valence-corrected chi connectivity index (χ3v) is 5.83. The summed E-state index contributed by atoms with van der Waals surface area (Å²) in [7, 11) is -3.99. The molecule has 5 nitrogen and oxygen atoms in total. The predicted molar refractivity (Wildman–Crippen MR) is 73.3 cm³/mol. The molecular weight excluding hydrogens is 316 g/mol. The fraction of sp³-hybridized carbons (Fsp3) is 0.500. The topological polar surface area (TPSA) is 74.7 Å². The second-order valence-electron chi connectivity index (χ2n) is 5.77. The van der Waals surface area contributed by atoms with Gasteiger partial charge in [-0.1, -0.05) is 12.1 Å². The second-order valence-corrected chi connectivity index (χ2v) is 7.66. The van der Waals surface area contributed by atoms with Gasteiger partial charge in [-0.2, -0.15) is 4.31 Å². The summed E-state index contributed by atoms with van der Waals surface area (Å²) in [6, 6.07) is 5.13. The number of carboxylic acid groups (broad SMARTS) is 1. The number of carboxylic acids is 1. The number of alkyl halides is 2. The van der Waals surface area contributed by atoms with E-state index in [9.17, 15) is 22.0 Å². The van der Waals surface area contributed by atoms with Gasteiger partial charge in [-0.3, -0.25) is 4.79 Å². The molecule has 1 unspecified atom stereocenters. The van der Waals surface area contributed by atoms with Crippen LogP contribution in [-0.4, -0.2) is 42.3 Å². The quantitative estimate of drug-likeness (QED) is 0.866. The first kappa shape index (κ1) is 15.4. The molecule has 1 aromatic carbocycles. The third kappa shape index (κ3) is 2.85. The minimum absolute atomic E-state index is 0.124. The number of carbonyl (C=O) groups is 1. The molecule has 22 heavy (non-hydrogen) atoms. The standard InChI is InChI=1S/C14H15F2NO4S/c15-14(16)7-12(14)9-2-1-3-11(6-9)22(20,21)17(8-13(18)19)10-4-5-10/h1-3,6,10,12H,4-5,7-8H2,(H,18,19).